The number of hydrogen-bond donors (Lipinski definition) is 0. The van der Waals surface area contributed by atoms with Gasteiger partial charge in [-0.1, -0.05) is 49.4 Å². The van der Waals surface area contributed by atoms with E-state index in [0.717, 1.165) is 38.9 Å². The Morgan fingerprint density at radius 3 is 2.47 bits per heavy atom. The molecule has 4 rings (SSSR count). The zero-order valence-electron chi connectivity index (χ0n) is 26.0. The topological polar surface area (TPSA) is 138 Å². The Hall–Kier alpha value is -4.40. The number of piperidine rings is 1. The molecule has 0 aromatic heterocycles. The van der Waals surface area contributed by atoms with Crippen molar-refractivity contribution in [3.05, 3.63) is 87.2 Å². The van der Waals surface area contributed by atoms with Crippen LogP contribution in [0.2, 0.25) is 0 Å². The molecular formula is C34H41N5O6. The molecule has 2 atom stereocenters. The lowest BCUT2D eigenvalue weighted by molar-refractivity contribution is -0.384. The van der Waals surface area contributed by atoms with Crippen LogP contribution in [0.3, 0.4) is 0 Å². The van der Waals surface area contributed by atoms with Gasteiger partial charge in [0.1, 0.15) is 12.5 Å². The highest BCUT2D eigenvalue weighted by Gasteiger charge is 2.43. The van der Waals surface area contributed by atoms with Gasteiger partial charge in [-0.15, -0.1) is 0 Å². The quantitative estimate of drug-likeness (QED) is 0.0876. The molecule has 0 aliphatic carbocycles. The third-order valence-corrected chi connectivity index (χ3v) is 8.55. The number of nitriles is 1. The average Bonchev–Trinajstić information content (AvgIpc) is 3.07. The van der Waals surface area contributed by atoms with Crippen LogP contribution in [0.15, 0.2) is 71.0 Å². The Morgan fingerprint density at radius 2 is 1.87 bits per heavy atom. The van der Waals surface area contributed by atoms with E-state index in [1.807, 2.05) is 19.1 Å². The van der Waals surface area contributed by atoms with E-state index in [-0.39, 0.29) is 25.3 Å². The summed E-state index contributed by atoms with van der Waals surface area (Å²) in [5.74, 6) is -1.60. The normalized spacial score (nSPS) is 19.0. The monoisotopic (exact) mass is 615 g/mol. The third-order valence-electron chi connectivity index (χ3n) is 8.55. The third kappa shape index (κ3) is 8.41. The van der Waals surface area contributed by atoms with Gasteiger partial charge in [0.2, 0.25) is 6.41 Å². The fourth-order valence-electron chi connectivity index (χ4n) is 6.34. The molecule has 45 heavy (non-hydrogen) atoms. The summed E-state index contributed by atoms with van der Waals surface area (Å²) in [6, 6.07) is 18.6. The number of hydrogen-bond acceptors (Lipinski definition) is 9. The van der Waals surface area contributed by atoms with Crippen molar-refractivity contribution in [2.24, 2.45) is 10.9 Å². The van der Waals surface area contributed by atoms with Crippen LogP contribution in [0.1, 0.15) is 62.0 Å². The van der Waals surface area contributed by atoms with Crippen molar-refractivity contribution in [2.45, 2.75) is 50.9 Å². The van der Waals surface area contributed by atoms with Crippen LogP contribution in [0.25, 0.3) is 0 Å². The van der Waals surface area contributed by atoms with Gasteiger partial charge in [0.15, 0.2) is 0 Å². The highest BCUT2D eigenvalue weighted by molar-refractivity contribution is 6.05. The van der Waals surface area contributed by atoms with Crippen LogP contribution in [0.4, 0.5) is 5.69 Å². The average molecular weight is 616 g/mol. The molecule has 2 aliphatic rings. The number of ether oxygens (including phenoxy) is 2. The number of nitro benzene ring substituents is 1. The molecular weight excluding hydrogens is 574 g/mol. The molecule has 1 amide bonds. The lowest BCUT2D eigenvalue weighted by atomic mass is 9.76. The van der Waals surface area contributed by atoms with Crippen LogP contribution in [-0.2, 0) is 19.1 Å². The number of carbonyl (C=O) groups is 2. The molecule has 0 radical (unpaired) electrons. The van der Waals surface area contributed by atoms with Gasteiger partial charge < -0.3 is 19.3 Å². The van der Waals surface area contributed by atoms with Gasteiger partial charge in [-0.3, -0.25) is 24.7 Å². The van der Waals surface area contributed by atoms with Crippen LogP contribution >= 0.6 is 0 Å². The van der Waals surface area contributed by atoms with Crippen molar-refractivity contribution in [1.29, 1.82) is 5.26 Å². The Bertz CT molecular complexity index is 1410. The van der Waals surface area contributed by atoms with Crippen LogP contribution in [0, 0.1) is 27.4 Å². The molecule has 2 aliphatic heterocycles. The fraction of sp³-hybridized carbons (Fsp3) is 0.471. The molecule has 0 saturated carbocycles. The Balaban J connectivity index is 1.59. The summed E-state index contributed by atoms with van der Waals surface area (Å²) in [6.07, 6.45) is 4.10. The summed E-state index contributed by atoms with van der Waals surface area (Å²) in [6.45, 7) is 5.07. The summed E-state index contributed by atoms with van der Waals surface area (Å²) in [7, 11) is 1.54. The predicted octanol–water partition coefficient (Wildman–Crippen LogP) is 5.20. The minimum Gasteiger partial charge on any atom is -0.464 e. The maximum Gasteiger partial charge on any atom is 0.315 e. The van der Waals surface area contributed by atoms with Crippen molar-refractivity contribution in [2.75, 3.05) is 46.5 Å². The maximum atomic E-state index is 13.6. The summed E-state index contributed by atoms with van der Waals surface area (Å²) in [5, 5.41) is 20.4. The molecule has 2 heterocycles. The number of methoxy groups -OCH3 is 1. The lowest BCUT2D eigenvalue weighted by Crippen LogP contribution is -2.41. The molecule has 238 valence electrons. The Morgan fingerprint density at radius 1 is 1.16 bits per heavy atom. The van der Waals surface area contributed by atoms with E-state index in [9.17, 15) is 19.7 Å². The maximum absolute atomic E-state index is 13.6. The summed E-state index contributed by atoms with van der Waals surface area (Å²) < 4.78 is 11.0. The molecule has 2 unspecified atom stereocenters. The van der Waals surface area contributed by atoms with Crippen molar-refractivity contribution in [3.8, 4) is 6.07 Å². The Labute approximate surface area is 264 Å². The predicted molar refractivity (Wildman–Crippen MR) is 169 cm³/mol. The number of nitro groups is 1. The first-order valence-corrected chi connectivity index (χ1v) is 15.5. The molecule has 1 saturated heterocycles. The number of amides is 1. The first kappa shape index (κ1) is 33.5. The first-order chi connectivity index (χ1) is 21.9. The molecule has 0 spiro atoms. The summed E-state index contributed by atoms with van der Waals surface area (Å²) in [5.41, 5.74) is 3.50. The van der Waals surface area contributed by atoms with E-state index in [1.165, 1.54) is 17.7 Å². The van der Waals surface area contributed by atoms with Gasteiger partial charge in [0, 0.05) is 37.4 Å². The molecule has 1 fully saturated rings. The number of carbonyl (C=O) groups excluding carboxylic acids is 2. The molecule has 0 bridgehead atoms. The highest BCUT2D eigenvalue weighted by atomic mass is 16.6. The van der Waals surface area contributed by atoms with E-state index < -0.39 is 22.7 Å². The van der Waals surface area contributed by atoms with Crippen LogP contribution in [0.5, 0.6) is 0 Å². The van der Waals surface area contributed by atoms with Crippen LogP contribution < -0.4 is 0 Å². The minimum absolute atomic E-state index is 0.0416. The number of allylic oxidation sites excluding steroid dienone is 1. The number of non-ortho nitro benzene ring substituents is 1. The number of esters is 1. The van der Waals surface area contributed by atoms with E-state index in [0.29, 0.717) is 48.0 Å². The highest BCUT2D eigenvalue weighted by Crippen LogP contribution is 2.42. The lowest BCUT2D eigenvalue weighted by Gasteiger charge is -2.38. The zero-order chi connectivity index (χ0) is 32.2. The summed E-state index contributed by atoms with van der Waals surface area (Å²) >= 11 is 0. The zero-order valence-corrected chi connectivity index (χ0v) is 26.0. The van der Waals surface area contributed by atoms with Gasteiger partial charge >= 0.3 is 5.97 Å². The van der Waals surface area contributed by atoms with E-state index >= 15 is 0 Å². The number of likely N-dealkylation sites (tertiary alicyclic amines) is 1. The number of nitrogens with zero attached hydrogens (tertiary/aromatic N) is 5. The second-order valence-electron chi connectivity index (χ2n) is 11.3. The smallest absolute Gasteiger partial charge is 0.315 e. The molecule has 2 aromatic carbocycles. The molecule has 0 N–H and O–H groups in total. The second kappa shape index (κ2) is 16.6. The fourth-order valence-corrected chi connectivity index (χ4v) is 6.34. The van der Waals surface area contributed by atoms with Gasteiger partial charge in [0.25, 0.3) is 5.69 Å². The molecule has 11 nitrogen and oxygen atoms in total. The van der Waals surface area contributed by atoms with Gasteiger partial charge in [-0.2, -0.15) is 5.26 Å². The largest absolute Gasteiger partial charge is 0.464 e. The SMILES string of the molecule is CCC1=NC(COC)=C(N(C=O)CCCN2CCC(c3ccccc3)CC2)C(c2ccc([N+](=O)[O-])cc2)C1C(=O)OCCC#N. The molecule has 2 aromatic rings. The second-order valence-corrected chi connectivity index (χ2v) is 11.3. The number of aliphatic imine (C=N–C) groups is 1. The number of rotatable bonds is 15. The first-order valence-electron chi connectivity index (χ1n) is 15.5. The van der Waals surface area contributed by atoms with Gasteiger partial charge in [-0.05, 0) is 62.4 Å². The van der Waals surface area contributed by atoms with Crippen molar-refractivity contribution < 1.29 is 24.0 Å². The standard InChI is InChI=1S/C34H41N5O6/c1-3-29-32(34(41)45-22-7-17-35)31(27-11-13-28(14-12-27)39(42)43)33(30(36-29)23-44-2)38(24-40)19-8-18-37-20-15-26(16-21-37)25-9-5-4-6-10-25/h4-6,9-14,24,26,31-32H,3,7-8,15-16,18-23H2,1-2H3. The molecule has 11 heteroatoms. The minimum atomic E-state index is -0.884. The van der Waals surface area contributed by atoms with Crippen molar-refractivity contribution >= 4 is 23.8 Å². The van der Waals surface area contributed by atoms with Crippen molar-refractivity contribution in [3.63, 3.8) is 0 Å². The van der Waals surface area contributed by atoms with E-state index in [2.05, 4.69) is 29.2 Å². The van der Waals surface area contributed by atoms with Gasteiger partial charge in [0.05, 0.1) is 35.4 Å². The van der Waals surface area contributed by atoms with Crippen molar-refractivity contribution in [1.82, 2.24) is 9.80 Å². The Kier molecular flexibility index (Phi) is 12.4. The van der Waals surface area contributed by atoms with E-state index in [1.54, 1.807) is 24.1 Å². The van der Waals surface area contributed by atoms with Crippen LogP contribution in [-0.4, -0.2) is 79.3 Å². The van der Waals surface area contributed by atoms with E-state index in [4.69, 9.17) is 19.7 Å². The number of benzene rings is 2. The van der Waals surface area contributed by atoms with Gasteiger partial charge in [-0.25, -0.2) is 0 Å². The summed E-state index contributed by atoms with van der Waals surface area (Å²) in [4.78, 5) is 46.1.